The molecular formula is C17H18ClN3O4. The first-order chi connectivity index (χ1) is 11.8. The Labute approximate surface area is 150 Å². The third-order valence-corrected chi connectivity index (χ3v) is 4.48. The van der Waals surface area contributed by atoms with Gasteiger partial charge in [0.05, 0.1) is 24.8 Å². The van der Waals surface area contributed by atoms with Crippen LogP contribution in [0.2, 0.25) is 5.02 Å². The van der Waals surface area contributed by atoms with E-state index in [0.29, 0.717) is 22.3 Å². The lowest BCUT2D eigenvalue weighted by Crippen LogP contribution is -2.44. The van der Waals surface area contributed by atoms with Gasteiger partial charge in [-0.25, -0.2) is 9.78 Å². The molecule has 0 radical (unpaired) electrons. The third kappa shape index (κ3) is 3.25. The molecule has 7 nitrogen and oxygen atoms in total. The molecule has 1 aromatic heterocycles. The summed E-state index contributed by atoms with van der Waals surface area (Å²) in [5, 5.41) is 10.0. The lowest BCUT2D eigenvalue weighted by Gasteiger charge is -2.31. The van der Waals surface area contributed by atoms with E-state index in [1.54, 1.807) is 44.3 Å². The van der Waals surface area contributed by atoms with Gasteiger partial charge in [0.1, 0.15) is 5.72 Å². The normalized spacial score (nSPS) is 19.0. The van der Waals surface area contributed by atoms with Gasteiger partial charge in [0, 0.05) is 17.8 Å². The van der Waals surface area contributed by atoms with Gasteiger partial charge in [-0.2, -0.15) is 4.98 Å². The molecule has 132 valence electrons. The van der Waals surface area contributed by atoms with Crippen LogP contribution in [0.25, 0.3) is 11.4 Å². The quantitative estimate of drug-likeness (QED) is 0.896. The molecular weight excluding hydrogens is 346 g/mol. The largest absolute Gasteiger partial charge is 0.481 e. The molecule has 2 aromatic rings. The second-order valence-corrected chi connectivity index (χ2v) is 6.50. The minimum atomic E-state index is -1.04. The fraction of sp³-hybridized carbons (Fsp3) is 0.353. The second kappa shape index (κ2) is 6.50. The van der Waals surface area contributed by atoms with Crippen molar-refractivity contribution < 1.29 is 19.4 Å². The predicted molar refractivity (Wildman–Crippen MR) is 91.7 cm³/mol. The van der Waals surface area contributed by atoms with E-state index in [0.717, 1.165) is 5.56 Å². The molecule has 1 atom stereocenters. The van der Waals surface area contributed by atoms with Crippen molar-refractivity contribution in [1.29, 1.82) is 0 Å². The van der Waals surface area contributed by atoms with Gasteiger partial charge in [0.25, 0.3) is 0 Å². The number of ether oxygens (including phenoxy) is 2. The molecule has 1 amide bonds. The number of carboxylic acid groups (broad SMARTS) is 1. The molecule has 2 heterocycles. The van der Waals surface area contributed by atoms with E-state index in [9.17, 15) is 9.90 Å². The monoisotopic (exact) mass is 363 g/mol. The van der Waals surface area contributed by atoms with Crippen LogP contribution in [-0.4, -0.2) is 45.5 Å². The van der Waals surface area contributed by atoms with Crippen molar-refractivity contribution in [3.05, 3.63) is 41.0 Å². The molecule has 8 heteroatoms. The summed E-state index contributed by atoms with van der Waals surface area (Å²) in [6, 6.07) is 6.50. The van der Waals surface area contributed by atoms with Gasteiger partial charge in [-0.15, -0.1) is 0 Å². The molecule has 0 bridgehead atoms. The van der Waals surface area contributed by atoms with Gasteiger partial charge in [-0.3, -0.25) is 4.90 Å². The maximum Gasteiger partial charge on any atom is 0.410 e. The minimum absolute atomic E-state index is 0.263. The van der Waals surface area contributed by atoms with E-state index in [1.165, 1.54) is 12.0 Å². The third-order valence-electron chi connectivity index (χ3n) is 4.15. The van der Waals surface area contributed by atoms with Gasteiger partial charge in [-0.1, -0.05) is 17.7 Å². The van der Waals surface area contributed by atoms with E-state index >= 15 is 0 Å². The Morgan fingerprint density at radius 2 is 2.20 bits per heavy atom. The molecule has 25 heavy (non-hydrogen) atoms. The van der Waals surface area contributed by atoms with Gasteiger partial charge >= 0.3 is 6.09 Å². The number of carbonyl (C=O) groups is 1. The van der Waals surface area contributed by atoms with Crippen LogP contribution < -0.4 is 4.74 Å². The summed E-state index contributed by atoms with van der Waals surface area (Å²) in [4.78, 5) is 21.5. The molecule has 1 aromatic carbocycles. The molecule has 1 fully saturated rings. The van der Waals surface area contributed by atoms with E-state index < -0.39 is 17.9 Å². The van der Waals surface area contributed by atoms with Crippen molar-refractivity contribution in [2.75, 3.05) is 13.7 Å². The highest BCUT2D eigenvalue weighted by Crippen LogP contribution is 2.39. The van der Waals surface area contributed by atoms with Crippen LogP contribution in [0.1, 0.15) is 25.5 Å². The van der Waals surface area contributed by atoms with Gasteiger partial charge in [0.2, 0.25) is 5.88 Å². The Hall–Kier alpha value is -2.38. The highest BCUT2D eigenvalue weighted by Gasteiger charge is 2.44. The number of rotatable bonds is 3. The van der Waals surface area contributed by atoms with E-state index in [-0.39, 0.29) is 6.61 Å². The van der Waals surface area contributed by atoms with Crippen molar-refractivity contribution in [2.45, 2.75) is 25.6 Å². The van der Waals surface area contributed by atoms with Crippen molar-refractivity contribution >= 4 is 17.7 Å². The zero-order valence-corrected chi connectivity index (χ0v) is 14.8. The molecule has 3 rings (SSSR count). The Bertz CT molecular complexity index is 812. The zero-order chi connectivity index (χ0) is 18.2. The summed E-state index contributed by atoms with van der Waals surface area (Å²) in [5.41, 5.74) is 0.467. The standard InChI is InChI=1S/C17H18ClN3O4/c1-17(2)21(16(22)23)13(9-25-17)10-4-5-12(18)11(8-10)15-19-7-6-14(20-15)24-3/h4-8,13H,9H2,1-3H3,(H,22,23)/t13-/m1/s1. The Morgan fingerprint density at radius 3 is 2.88 bits per heavy atom. The Kier molecular flexibility index (Phi) is 4.53. The number of hydrogen-bond acceptors (Lipinski definition) is 5. The van der Waals surface area contributed by atoms with E-state index in [2.05, 4.69) is 9.97 Å². The van der Waals surface area contributed by atoms with Gasteiger partial charge < -0.3 is 14.6 Å². The Balaban J connectivity index is 2.03. The maximum atomic E-state index is 11.7. The molecule has 0 unspecified atom stereocenters. The first-order valence-corrected chi connectivity index (χ1v) is 8.04. The highest BCUT2D eigenvalue weighted by atomic mass is 35.5. The molecule has 0 spiro atoms. The van der Waals surface area contributed by atoms with Crippen molar-refractivity contribution in [3.63, 3.8) is 0 Å². The number of aromatic nitrogens is 2. The maximum absolute atomic E-state index is 11.7. The second-order valence-electron chi connectivity index (χ2n) is 6.09. The fourth-order valence-electron chi connectivity index (χ4n) is 2.92. The SMILES string of the molecule is COc1ccnc(-c2cc([C@H]3COC(C)(C)N3C(=O)O)ccc2Cl)n1. The molecule has 0 saturated carbocycles. The lowest BCUT2D eigenvalue weighted by atomic mass is 10.0. The number of methoxy groups -OCH3 is 1. The van der Waals surface area contributed by atoms with Crippen molar-refractivity contribution in [3.8, 4) is 17.3 Å². The molecule has 1 aliphatic rings. The number of hydrogen-bond donors (Lipinski definition) is 1. The first-order valence-electron chi connectivity index (χ1n) is 7.66. The number of nitrogens with zero attached hydrogens (tertiary/aromatic N) is 3. The molecule has 1 saturated heterocycles. The lowest BCUT2D eigenvalue weighted by molar-refractivity contribution is -0.0420. The number of amides is 1. The minimum Gasteiger partial charge on any atom is -0.481 e. The fourth-order valence-corrected chi connectivity index (χ4v) is 3.12. The summed E-state index contributed by atoms with van der Waals surface area (Å²) in [6.45, 7) is 3.71. The first kappa shape index (κ1) is 17.4. The Morgan fingerprint density at radius 1 is 1.44 bits per heavy atom. The van der Waals surface area contributed by atoms with Crippen molar-refractivity contribution in [2.24, 2.45) is 0 Å². The van der Waals surface area contributed by atoms with Gasteiger partial charge in [-0.05, 0) is 31.5 Å². The summed E-state index contributed by atoms with van der Waals surface area (Å²) < 4.78 is 10.8. The summed E-state index contributed by atoms with van der Waals surface area (Å²) in [6.07, 6.45) is 0.539. The average Bonchev–Trinajstić information content (AvgIpc) is 2.90. The van der Waals surface area contributed by atoms with Crippen LogP contribution in [0.4, 0.5) is 4.79 Å². The number of halogens is 1. The molecule has 0 aliphatic carbocycles. The smallest absolute Gasteiger partial charge is 0.410 e. The zero-order valence-electron chi connectivity index (χ0n) is 14.1. The average molecular weight is 364 g/mol. The van der Waals surface area contributed by atoms with Crippen LogP contribution in [0.3, 0.4) is 0 Å². The summed E-state index contributed by atoms with van der Waals surface area (Å²) in [5.74, 6) is 0.829. The number of benzene rings is 1. The highest BCUT2D eigenvalue weighted by molar-refractivity contribution is 6.33. The molecule has 1 aliphatic heterocycles. The summed E-state index contributed by atoms with van der Waals surface area (Å²) >= 11 is 6.31. The van der Waals surface area contributed by atoms with E-state index in [1.807, 2.05) is 0 Å². The predicted octanol–water partition coefficient (Wildman–Crippen LogP) is 3.59. The van der Waals surface area contributed by atoms with Crippen LogP contribution in [0, 0.1) is 0 Å². The van der Waals surface area contributed by atoms with Crippen LogP contribution >= 0.6 is 11.6 Å². The van der Waals surface area contributed by atoms with Crippen molar-refractivity contribution in [1.82, 2.24) is 14.9 Å². The van der Waals surface area contributed by atoms with Crippen LogP contribution in [-0.2, 0) is 4.74 Å². The topological polar surface area (TPSA) is 84.8 Å². The van der Waals surface area contributed by atoms with Crippen LogP contribution in [0.5, 0.6) is 5.88 Å². The van der Waals surface area contributed by atoms with Gasteiger partial charge in [0.15, 0.2) is 5.82 Å². The summed E-state index contributed by atoms with van der Waals surface area (Å²) in [7, 11) is 1.52. The van der Waals surface area contributed by atoms with Crippen LogP contribution in [0.15, 0.2) is 30.5 Å². The molecule has 1 N–H and O–H groups in total. The van der Waals surface area contributed by atoms with E-state index in [4.69, 9.17) is 21.1 Å².